The normalized spacial score (nSPS) is 9.94. The summed E-state index contributed by atoms with van der Waals surface area (Å²) in [6.45, 7) is 8.93. The van der Waals surface area contributed by atoms with Gasteiger partial charge in [0.25, 0.3) is 0 Å². The van der Waals surface area contributed by atoms with Crippen LogP contribution in [0.1, 0.15) is 23.6 Å². The maximum Gasteiger partial charge on any atom is 0.333 e. The summed E-state index contributed by atoms with van der Waals surface area (Å²) in [6, 6.07) is 3.60. The van der Waals surface area contributed by atoms with Crippen LogP contribution in [0.3, 0.4) is 0 Å². The van der Waals surface area contributed by atoms with Crippen LogP contribution >= 0.6 is 0 Å². The van der Waals surface area contributed by atoms with Gasteiger partial charge in [0.15, 0.2) is 0 Å². The van der Waals surface area contributed by atoms with Gasteiger partial charge in [-0.05, 0) is 49.6 Å². The highest BCUT2D eigenvalue weighted by Gasteiger charge is 2.06. The van der Waals surface area contributed by atoms with Crippen molar-refractivity contribution in [3.8, 4) is 5.75 Å². The van der Waals surface area contributed by atoms with E-state index in [2.05, 4.69) is 6.58 Å². The van der Waals surface area contributed by atoms with Gasteiger partial charge in [-0.2, -0.15) is 0 Å². The van der Waals surface area contributed by atoms with Crippen molar-refractivity contribution < 1.29 is 14.6 Å². The van der Waals surface area contributed by atoms with E-state index in [1.165, 1.54) is 0 Å². The Bertz CT molecular complexity index is 410. The molecule has 86 valence electrons. The van der Waals surface area contributed by atoms with Gasteiger partial charge in [0.05, 0.1) is 0 Å². The maximum absolute atomic E-state index is 11.2. The van der Waals surface area contributed by atoms with Crippen LogP contribution in [0.5, 0.6) is 5.75 Å². The second kappa shape index (κ2) is 4.84. The highest BCUT2D eigenvalue weighted by atomic mass is 16.5. The smallest absolute Gasteiger partial charge is 0.333 e. The van der Waals surface area contributed by atoms with E-state index in [1.807, 2.05) is 13.8 Å². The van der Waals surface area contributed by atoms with Crippen LogP contribution in [0.4, 0.5) is 0 Å². The molecule has 1 rings (SSSR count). The predicted octanol–water partition coefficient (Wildman–Crippen LogP) is 2.63. The number of ether oxygens (including phenoxy) is 1. The van der Waals surface area contributed by atoms with Crippen LogP contribution in [-0.2, 0) is 16.1 Å². The molecule has 3 heteroatoms. The summed E-state index contributed by atoms with van der Waals surface area (Å²) in [4.78, 5) is 11.2. The third-order valence-corrected chi connectivity index (χ3v) is 2.27. The number of benzene rings is 1. The molecule has 0 radical (unpaired) electrons. The highest BCUT2D eigenvalue weighted by Crippen LogP contribution is 2.23. The van der Waals surface area contributed by atoms with E-state index in [9.17, 15) is 9.90 Å². The van der Waals surface area contributed by atoms with E-state index < -0.39 is 5.97 Å². The van der Waals surface area contributed by atoms with Crippen molar-refractivity contribution in [1.29, 1.82) is 0 Å². The number of hydrogen-bond acceptors (Lipinski definition) is 3. The Balaban J connectivity index is 2.76. The van der Waals surface area contributed by atoms with Gasteiger partial charge < -0.3 is 9.84 Å². The predicted molar refractivity (Wildman–Crippen MR) is 62.2 cm³/mol. The van der Waals surface area contributed by atoms with Gasteiger partial charge >= 0.3 is 5.97 Å². The number of carbonyl (C=O) groups excluding carboxylic acids is 1. The first-order valence-corrected chi connectivity index (χ1v) is 5.03. The van der Waals surface area contributed by atoms with E-state index >= 15 is 0 Å². The molecule has 3 nitrogen and oxygen atoms in total. The monoisotopic (exact) mass is 220 g/mol. The Hall–Kier alpha value is -1.77. The third kappa shape index (κ3) is 2.86. The van der Waals surface area contributed by atoms with Gasteiger partial charge in [0.1, 0.15) is 12.4 Å². The molecule has 0 aliphatic rings. The van der Waals surface area contributed by atoms with Gasteiger partial charge in [-0.3, -0.25) is 0 Å². The first-order chi connectivity index (χ1) is 7.41. The van der Waals surface area contributed by atoms with Gasteiger partial charge in [-0.25, -0.2) is 4.79 Å². The van der Waals surface area contributed by atoms with Crippen molar-refractivity contribution in [2.45, 2.75) is 27.4 Å². The summed E-state index contributed by atoms with van der Waals surface area (Å²) in [6.07, 6.45) is 0. The van der Waals surface area contributed by atoms with Crippen molar-refractivity contribution in [2.24, 2.45) is 0 Å². The molecular weight excluding hydrogens is 204 g/mol. The molecule has 0 saturated heterocycles. The lowest BCUT2D eigenvalue weighted by molar-refractivity contribution is -0.140. The fourth-order valence-corrected chi connectivity index (χ4v) is 1.40. The van der Waals surface area contributed by atoms with Crippen LogP contribution in [0, 0.1) is 13.8 Å². The van der Waals surface area contributed by atoms with Crippen molar-refractivity contribution in [3.05, 3.63) is 41.0 Å². The second-order valence-corrected chi connectivity index (χ2v) is 3.93. The van der Waals surface area contributed by atoms with E-state index in [0.717, 1.165) is 16.7 Å². The topological polar surface area (TPSA) is 46.5 Å². The average Bonchev–Trinajstić information content (AvgIpc) is 2.22. The van der Waals surface area contributed by atoms with Gasteiger partial charge in [0, 0.05) is 5.57 Å². The van der Waals surface area contributed by atoms with Gasteiger partial charge in [0.2, 0.25) is 0 Å². The zero-order valence-electron chi connectivity index (χ0n) is 9.83. The van der Waals surface area contributed by atoms with Crippen molar-refractivity contribution in [1.82, 2.24) is 0 Å². The van der Waals surface area contributed by atoms with Crippen LogP contribution in [0.2, 0.25) is 0 Å². The van der Waals surface area contributed by atoms with E-state index in [-0.39, 0.29) is 12.4 Å². The molecule has 0 atom stereocenters. The van der Waals surface area contributed by atoms with Gasteiger partial charge in [-0.15, -0.1) is 0 Å². The third-order valence-electron chi connectivity index (χ3n) is 2.27. The number of phenolic OH excluding ortho intramolecular Hbond substituents is 1. The molecule has 1 N–H and O–H groups in total. The molecule has 1 aromatic rings. The van der Waals surface area contributed by atoms with Gasteiger partial charge in [-0.1, -0.05) is 6.58 Å². The molecule has 1 aromatic carbocycles. The molecule has 0 spiro atoms. The lowest BCUT2D eigenvalue weighted by Gasteiger charge is -2.08. The van der Waals surface area contributed by atoms with Crippen LogP contribution < -0.4 is 0 Å². The molecule has 0 aliphatic heterocycles. The fourth-order valence-electron chi connectivity index (χ4n) is 1.40. The van der Waals surface area contributed by atoms with Crippen LogP contribution in [0.15, 0.2) is 24.3 Å². The molecule has 0 aromatic heterocycles. The highest BCUT2D eigenvalue weighted by molar-refractivity contribution is 5.86. The van der Waals surface area contributed by atoms with E-state index in [4.69, 9.17) is 4.74 Å². The first-order valence-electron chi connectivity index (χ1n) is 5.03. The molecule has 0 heterocycles. The van der Waals surface area contributed by atoms with E-state index in [1.54, 1.807) is 19.1 Å². The van der Waals surface area contributed by atoms with E-state index in [0.29, 0.717) is 5.57 Å². The largest absolute Gasteiger partial charge is 0.507 e. The number of carbonyl (C=O) groups is 1. The molecule has 0 bridgehead atoms. The number of rotatable bonds is 3. The first kappa shape index (κ1) is 12.3. The summed E-state index contributed by atoms with van der Waals surface area (Å²) >= 11 is 0. The van der Waals surface area contributed by atoms with Crippen molar-refractivity contribution in [2.75, 3.05) is 0 Å². The zero-order chi connectivity index (χ0) is 12.3. The lowest BCUT2D eigenvalue weighted by atomic mass is 10.1. The summed E-state index contributed by atoms with van der Waals surface area (Å²) in [5.41, 5.74) is 2.80. The minimum atomic E-state index is -0.400. The molecule has 0 unspecified atom stereocenters. The Morgan fingerprint density at radius 3 is 2.31 bits per heavy atom. The van der Waals surface area contributed by atoms with Crippen molar-refractivity contribution >= 4 is 5.97 Å². The number of phenols is 1. The number of esters is 1. The summed E-state index contributed by atoms with van der Waals surface area (Å²) in [5, 5.41) is 9.57. The Morgan fingerprint density at radius 2 is 1.88 bits per heavy atom. The summed E-state index contributed by atoms with van der Waals surface area (Å²) < 4.78 is 5.02. The quantitative estimate of drug-likeness (QED) is 0.629. The van der Waals surface area contributed by atoms with Crippen molar-refractivity contribution in [3.63, 3.8) is 0 Å². The van der Waals surface area contributed by atoms with Crippen LogP contribution in [-0.4, -0.2) is 11.1 Å². The lowest BCUT2D eigenvalue weighted by Crippen LogP contribution is -2.05. The maximum atomic E-state index is 11.2. The Kier molecular flexibility index (Phi) is 3.72. The summed E-state index contributed by atoms with van der Waals surface area (Å²) in [7, 11) is 0. The SMILES string of the molecule is C=C(C)C(=O)OCc1cc(C)c(O)c(C)c1. The second-order valence-electron chi connectivity index (χ2n) is 3.93. The molecule has 0 aliphatic carbocycles. The number of aromatic hydroxyl groups is 1. The standard InChI is InChI=1S/C13H16O3/c1-8(2)13(15)16-7-11-5-9(3)12(14)10(4)6-11/h5-6,14H,1,7H2,2-4H3. The fraction of sp³-hybridized carbons (Fsp3) is 0.308. The minimum absolute atomic E-state index is 0.202. The average molecular weight is 220 g/mol. The molecular formula is C13H16O3. The molecule has 0 fully saturated rings. The summed E-state index contributed by atoms with van der Waals surface area (Å²) in [5.74, 6) is -0.113. The number of aryl methyl sites for hydroxylation is 2. The molecule has 0 amide bonds. The number of hydrogen-bond donors (Lipinski definition) is 1. The van der Waals surface area contributed by atoms with Crippen LogP contribution in [0.25, 0.3) is 0 Å². The minimum Gasteiger partial charge on any atom is -0.507 e. The molecule has 0 saturated carbocycles. The molecule has 16 heavy (non-hydrogen) atoms. The zero-order valence-corrected chi connectivity index (χ0v) is 9.83. The Labute approximate surface area is 95.4 Å². The Morgan fingerprint density at radius 1 is 1.38 bits per heavy atom.